The van der Waals surface area contributed by atoms with Crippen molar-refractivity contribution < 1.29 is 14.7 Å². The summed E-state index contributed by atoms with van der Waals surface area (Å²) in [6.07, 6.45) is 0. The summed E-state index contributed by atoms with van der Waals surface area (Å²) in [6.45, 7) is 3.28. The van der Waals surface area contributed by atoms with E-state index in [1.165, 1.54) is 11.7 Å². The smallest absolute Gasteiger partial charge is 0.339 e. The molecule has 0 saturated heterocycles. The van der Waals surface area contributed by atoms with Crippen molar-refractivity contribution in [2.75, 3.05) is 7.05 Å². The Morgan fingerprint density at radius 1 is 1.47 bits per heavy atom. The minimum absolute atomic E-state index is 0.0381. The van der Waals surface area contributed by atoms with Crippen LogP contribution in [0.3, 0.4) is 0 Å². The van der Waals surface area contributed by atoms with Crippen molar-refractivity contribution >= 4 is 11.9 Å². The molecule has 0 aliphatic carbocycles. The Morgan fingerprint density at radius 2 is 2.07 bits per heavy atom. The summed E-state index contributed by atoms with van der Waals surface area (Å²) >= 11 is 0. The lowest BCUT2D eigenvalue weighted by molar-refractivity contribution is -0.121. The SMILES string of the molecule is CNC(=O)Cn1nc(C)c(C(=O)O)c1C. The zero-order chi connectivity index (χ0) is 11.6. The van der Waals surface area contributed by atoms with Crippen LogP contribution >= 0.6 is 0 Å². The number of carboxylic acid groups (broad SMARTS) is 1. The molecule has 6 nitrogen and oxygen atoms in total. The minimum atomic E-state index is -1.02. The molecular weight excluding hydrogens is 198 g/mol. The van der Waals surface area contributed by atoms with Crippen molar-refractivity contribution in [3.05, 3.63) is 17.0 Å². The maximum Gasteiger partial charge on any atom is 0.339 e. The fourth-order valence-corrected chi connectivity index (χ4v) is 1.38. The summed E-state index contributed by atoms with van der Waals surface area (Å²) in [6, 6.07) is 0. The first kappa shape index (κ1) is 11.2. The zero-order valence-electron chi connectivity index (χ0n) is 8.87. The fraction of sp³-hybridized carbons (Fsp3) is 0.444. The number of carbonyl (C=O) groups is 2. The van der Waals surface area contributed by atoms with Gasteiger partial charge in [0.1, 0.15) is 12.1 Å². The van der Waals surface area contributed by atoms with Gasteiger partial charge in [-0.2, -0.15) is 5.10 Å². The van der Waals surface area contributed by atoms with Crippen LogP contribution in [0.4, 0.5) is 0 Å². The molecular formula is C9H13N3O3. The van der Waals surface area contributed by atoms with Crippen molar-refractivity contribution in [1.29, 1.82) is 0 Å². The Balaban J connectivity index is 3.07. The van der Waals surface area contributed by atoms with Gasteiger partial charge >= 0.3 is 5.97 Å². The van der Waals surface area contributed by atoms with Gasteiger partial charge in [0.15, 0.2) is 0 Å². The van der Waals surface area contributed by atoms with E-state index in [-0.39, 0.29) is 18.0 Å². The van der Waals surface area contributed by atoms with E-state index >= 15 is 0 Å². The quantitative estimate of drug-likeness (QED) is 0.733. The standard InChI is InChI=1S/C9H13N3O3/c1-5-8(9(14)15)6(2)12(11-5)4-7(13)10-3/h4H2,1-3H3,(H,10,13)(H,14,15). The highest BCUT2D eigenvalue weighted by Gasteiger charge is 2.18. The summed E-state index contributed by atoms with van der Waals surface area (Å²) in [5.74, 6) is -1.23. The molecule has 0 spiro atoms. The molecule has 1 rings (SSSR count). The maximum atomic E-state index is 11.1. The van der Waals surface area contributed by atoms with E-state index in [0.717, 1.165) is 0 Å². The molecule has 0 aliphatic rings. The van der Waals surface area contributed by atoms with Crippen LogP contribution in [0, 0.1) is 13.8 Å². The highest BCUT2D eigenvalue weighted by molar-refractivity contribution is 5.90. The van der Waals surface area contributed by atoms with Crippen LogP contribution in [-0.4, -0.2) is 33.8 Å². The van der Waals surface area contributed by atoms with Gasteiger partial charge in [-0.05, 0) is 13.8 Å². The summed E-state index contributed by atoms with van der Waals surface area (Å²) in [4.78, 5) is 22.0. The molecule has 0 aromatic carbocycles. The van der Waals surface area contributed by atoms with Gasteiger partial charge in [-0.3, -0.25) is 9.48 Å². The Bertz CT molecular complexity index is 409. The first-order valence-corrected chi connectivity index (χ1v) is 4.45. The summed E-state index contributed by atoms with van der Waals surface area (Å²) < 4.78 is 1.39. The molecule has 0 aliphatic heterocycles. The van der Waals surface area contributed by atoms with E-state index in [1.807, 2.05) is 0 Å². The summed E-state index contributed by atoms with van der Waals surface area (Å²) in [5.41, 5.74) is 1.08. The van der Waals surface area contributed by atoms with Gasteiger partial charge in [0.25, 0.3) is 0 Å². The van der Waals surface area contributed by atoms with Crippen LogP contribution in [0.15, 0.2) is 0 Å². The first-order chi connectivity index (χ1) is 6.97. The van der Waals surface area contributed by atoms with Crippen molar-refractivity contribution in [3.63, 3.8) is 0 Å². The molecule has 1 aromatic rings. The number of amides is 1. The predicted octanol–water partition coefficient (Wildman–Crippen LogP) is -0.0559. The average molecular weight is 211 g/mol. The molecule has 0 bridgehead atoms. The monoisotopic (exact) mass is 211 g/mol. The van der Waals surface area contributed by atoms with Crippen LogP contribution in [0.1, 0.15) is 21.7 Å². The minimum Gasteiger partial charge on any atom is -0.478 e. The van der Waals surface area contributed by atoms with Gasteiger partial charge in [0, 0.05) is 7.05 Å². The summed E-state index contributed by atoms with van der Waals surface area (Å²) in [7, 11) is 1.52. The number of aryl methyl sites for hydroxylation is 1. The number of likely N-dealkylation sites (N-methyl/N-ethyl adjacent to an activating group) is 1. The molecule has 1 amide bonds. The van der Waals surface area contributed by atoms with E-state index in [2.05, 4.69) is 10.4 Å². The van der Waals surface area contributed by atoms with Crippen LogP contribution in [0.5, 0.6) is 0 Å². The largest absolute Gasteiger partial charge is 0.478 e. The number of hydrogen-bond donors (Lipinski definition) is 2. The van der Waals surface area contributed by atoms with E-state index in [1.54, 1.807) is 13.8 Å². The van der Waals surface area contributed by atoms with Gasteiger partial charge in [-0.15, -0.1) is 0 Å². The first-order valence-electron chi connectivity index (χ1n) is 4.45. The second-order valence-electron chi connectivity index (χ2n) is 3.18. The average Bonchev–Trinajstić information content (AvgIpc) is 2.41. The Kier molecular flexibility index (Phi) is 3.08. The lowest BCUT2D eigenvalue weighted by Gasteiger charge is -2.02. The number of hydrogen-bond acceptors (Lipinski definition) is 3. The number of aromatic carboxylic acids is 1. The molecule has 82 valence electrons. The molecule has 6 heteroatoms. The Hall–Kier alpha value is -1.85. The van der Waals surface area contributed by atoms with Crippen molar-refractivity contribution in [2.45, 2.75) is 20.4 Å². The molecule has 0 radical (unpaired) electrons. The van der Waals surface area contributed by atoms with Gasteiger partial charge < -0.3 is 10.4 Å². The molecule has 1 heterocycles. The van der Waals surface area contributed by atoms with E-state index in [0.29, 0.717) is 11.4 Å². The van der Waals surface area contributed by atoms with E-state index in [4.69, 9.17) is 5.11 Å². The number of aromatic nitrogens is 2. The van der Waals surface area contributed by atoms with E-state index < -0.39 is 5.97 Å². The van der Waals surface area contributed by atoms with Crippen molar-refractivity contribution in [1.82, 2.24) is 15.1 Å². The zero-order valence-corrected chi connectivity index (χ0v) is 8.87. The number of carboxylic acids is 1. The van der Waals surface area contributed by atoms with Crippen molar-refractivity contribution in [2.24, 2.45) is 0 Å². The lowest BCUT2D eigenvalue weighted by Crippen LogP contribution is -2.24. The number of nitrogens with one attached hydrogen (secondary N) is 1. The molecule has 0 saturated carbocycles. The number of carbonyl (C=O) groups excluding carboxylic acids is 1. The second-order valence-corrected chi connectivity index (χ2v) is 3.18. The molecule has 15 heavy (non-hydrogen) atoms. The third-order valence-corrected chi connectivity index (χ3v) is 2.17. The van der Waals surface area contributed by atoms with Gasteiger partial charge in [-0.25, -0.2) is 4.79 Å². The van der Waals surface area contributed by atoms with Crippen LogP contribution < -0.4 is 5.32 Å². The van der Waals surface area contributed by atoms with Gasteiger partial charge in [0.2, 0.25) is 5.91 Å². The fourth-order valence-electron chi connectivity index (χ4n) is 1.38. The molecule has 2 N–H and O–H groups in total. The Labute approximate surface area is 86.9 Å². The Morgan fingerprint density at radius 3 is 2.47 bits per heavy atom. The van der Waals surface area contributed by atoms with Crippen molar-refractivity contribution in [3.8, 4) is 0 Å². The third kappa shape index (κ3) is 2.15. The normalized spacial score (nSPS) is 10.1. The van der Waals surface area contributed by atoms with Crippen LogP contribution in [0.2, 0.25) is 0 Å². The molecule has 0 atom stereocenters. The summed E-state index contributed by atoms with van der Waals surface area (Å²) in [5, 5.41) is 15.3. The molecule has 1 aromatic heterocycles. The highest BCUT2D eigenvalue weighted by Crippen LogP contribution is 2.12. The van der Waals surface area contributed by atoms with Gasteiger partial charge in [0.05, 0.1) is 11.4 Å². The number of rotatable bonds is 3. The number of nitrogens with zero attached hydrogens (tertiary/aromatic N) is 2. The maximum absolute atomic E-state index is 11.1. The van der Waals surface area contributed by atoms with Crippen LogP contribution in [-0.2, 0) is 11.3 Å². The highest BCUT2D eigenvalue weighted by atomic mass is 16.4. The van der Waals surface area contributed by atoms with Crippen LogP contribution in [0.25, 0.3) is 0 Å². The predicted molar refractivity (Wildman–Crippen MR) is 52.7 cm³/mol. The topological polar surface area (TPSA) is 84.2 Å². The third-order valence-electron chi connectivity index (χ3n) is 2.17. The molecule has 0 unspecified atom stereocenters. The molecule has 0 fully saturated rings. The lowest BCUT2D eigenvalue weighted by atomic mass is 10.2. The van der Waals surface area contributed by atoms with E-state index in [9.17, 15) is 9.59 Å². The second kappa shape index (κ2) is 4.12. The van der Waals surface area contributed by atoms with Gasteiger partial charge in [-0.1, -0.05) is 0 Å².